The van der Waals surface area contributed by atoms with E-state index in [1.165, 1.54) is 5.56 Å². The molecule has 2 aromatic rings. The first-order valence-corrected chi connectivity index (χ1v) is 6.79. The minimum Gasteiger partial charge on any atom is -0.508 e. The summed E-state index contributed by atoms with van der Waals surface area (Å²) in [6, 6.07) is 13.1. The lowest BCUT2D eigenvalue weighted by atomic mass is 10.1. The second-order valence-corrected chi connectivity index (χ2v) is 5.36. The van der Waals surface area contributed by atoms with Gasteiger partial charge in [-0.3, -0.25) is 4.79 Å². The monoisotopic (exact) mass is 267 g/mol. The normalized spacial score (nSPS) is 17.1. The summed E-state index contributed by atoms with van der Waals surface area (Å²) in [4.78, 5) is 14.7. The Labute approximate surface area is 118 Å². The highest BCUT2D eigenvalue weighted by Gasteiger charge is 2.31. The first-order valence-electron chi connectivity index (χ1n) is 6.79. The molecule has 20 heavy (non-hydrogen) atoms. The first-order chi connectivity index (χ1) is 9.58. The number of hydrogen-bond acceptors (Lipinski definition) is 2. The minimum absolute atomic E-state index is 0.0000463. The van der Waals surface area contributed by atoms with Crippen LogP contribution in [-0.4, -0.2) is 17.1 Å². The molecule has 0 fully saturated rings. The number of carbonyl (C=O) groups excluding carboxylic acids is 1. The standard InChI is InChI=1S/C17H17NO2/c1-11-9-14(19)7-8-15(11)17(20)18-12(2)10-13-5-3-4-6-16(13)18/h3-9,12,19H,10H2,1-2H3. The zero-order valence-electron chi connectivity index (χ0n) is 11.6. The Bertz CT molecular complexity index is 678. The van der Waals surface area contributed by atoms with Crippen LogP contribution in [0.25, 0.3) is 0 Å². The third kappa shape index (κ3) is 1.95. The van der Waals surface area contributed by atoms with E-state index in [9.17, 15) is 9.90 Å². The summed E-state index contributed by atoms with van der Waals surface area (Å²) in [7, 11) is 0. The summed E-state index contributed by atoms with van der Waals surface area (Å²) in [6.07, 6.45) is 0.888. The number of fused-ring (bicyclic) bond motifs is 1. The van der Waals surface area contributed by atoms with Gasteiger partial charge >= 0.3 is 0 Å². The molecule has 0 aromatic heterocycles. The molecule has 0 radical (unpaired) electrons. The van der Waals surface area contributed by atoms with Gasteiger partial charge in [0.2, 0.25) is 0 Å². The molecule has 0 saturated carbocycles. The van der Waals surface area contributed by atoms with Gasteiger partial charge in [0.25, 0.3) is 5.91 Å². The van der Waals surface area contributed by atoms with E-state index in [4.69, 9.17) is 0 Å². The highest BCUT2D eigenvalue weighted by molar-refractivity contribution is 6.08. The molecule has 1 N–H and O–H groups in total. The minimum atomic E-state index is -0.0000463. The smallest absolute Gasteiger partial charge is 0.258 e. The fraction of sp³-hybridized carbons (Fsp3) is 0.235. The van der Waals surface area contributed by atoms with Gasteiger partial charge in [0, 0.05) is 17.3 Å². The Hall–Kier alpha value is -2.29. The molecule has 2 aromatic carbocycles. The summed E-state index contributed by atoms with van der Waals surface area (Å²) in [5.41, 5.74) is 3.65. The number of carbonyl (C=O) groups is 1. The topological polar surface area (TPSA) is 40.5 Å². The van der Waals surface area contributed by atoms with Crippen LogP contribution in [0.1, 0.15) is 28.4 Å². The van der Waals surface area contributed by atoms with Gasteiger partial charge in [0.15, 0.2) is 0 Å². The third-order valence-electron chi connectivity index (χ3n) is 3.87. The number of para-hydroxylation sites is 1. The zero-order chi connectivity index (χ0) is 14.3. The number of aromatic hydroxyl groups is 1. The van der Waals surface area contributed by atoms with E-state index in [2.05, 4.69) is 13.0 Å². The average molecular weight is 267 g/mol. The molecule has 1 aliphatic rings. The Morgan fingerprint density at radius 3 is 2.75 bits per heavy atom. The molecule has 1 amide bonds. The van der Waals surface area contributed by atoms with Crippen molar-refractivity contribution in [2.75, 3.05) is 4.90 Å². The van der Waals surface area contributed by atoms with E-state index in [0.717, 1.165) is 17.7 Å². The van der Waals surface area contributed by atoms with E-state index in [1.54, 1.807) is 18.2 Å². The van der Waals surface area contributed by atoms with E-state index < -0.39 is 0 Å². The molecule has 0 bridgehead atoms. The molecular formula is C17H17NO2. The van der Waals surface area contributed by atoms with E-state index in [-0.39, 0.29) is 17.7 Å². The van der Waals surface area contributed by atoms with Crippen LogP contribution >= 0.6 is 0 Å². The van der Waals surface area contributed by atoms with Gasteiger partial charge in [-0.15, -0.1) is 0 Å². The Balaban J connectivity index is 2.03. The van der Waals surface area contributed by atoms with Gasteiger partial charge in [0.05, 0.1) is 0 Å². The maximum atomic E-state index is 12.8. The largest absolute Gasteiger partial charge is 0.508 e. The third-order valence-corrected chi connectivity index (χ3v) is 3.87. The van der Waals surface area contributed by atoms with Gasteiger partial charge in [-0.05, 0) is 55.7 Å². The number of aryl methyl sites for hydroxylation is 1. The number of amides is 1. The average Bonchev–Trinajstić information content (AvgIpc) is 2.73. The van der Waals surface area contributed by atoms with Crippen molar-refractivity contribution in [3.05, 3.63) is 59.2 Å². The van der Waals surface area contributed by atoms with Crippen LogP contribution in [0.5, 0.6) is 5.75 Å². The first kappa shape index (κ1) is 12.7. The van der Waals surface area contributed by atoms with Crippen LogP contribution in [0, 0.1) is 6.92 Å². The second kappa shape index (κ2) is 4.67. The van der Waals surface area contributed by atoms with E-state index >= 15 is 0 Å². The summed E-state index contributed by atoms with van der Waals surface area (Å²) >= 11 is 0. The molecule has 0 saturated heterocycles. The van der Waals surface area contributed by atoms with Crippen molar-refractivity contribution in [1.82, 2.24) is 0 Å². The molecule has 1 unspecified atom stereocenters. The van der Waals surface area contributed by atoms with Crippen molar-refractivity contribution >= 4 is 11.6 Å². The predicted molar refractivity (Wildman–Crippen MR) is 79.3 cm³/mol. The van der Waals surface area contributed by atoms with Crippen LogP contribution in [0.15, 0.2) is 42.5 Å². The number of hydrogen-bond donors (Lipinski definition) is 1. The highest BCUT2D eigenvalue weighted by atomic mass is 16.3. The number of benzene rings is 2. The van der Waals surface area contributed by atoms with Gasteiger partial charge in [0.1, 0.15) is 5.75 Å². The van der Waals surface area contributed by atoms with Crippen LogP contribution < -0.4 is 4.90 Å². The second-order valence-electron chi connectivity index (χ2n) is 5.36. The molecule has 3 rings (SSSR count). The summed E-state index contributed by atoms with van der Waals surface area (Å²) in [6.45, 7) is 3.91. The Morgan fingerprint density at radius 1 is 1.25 bits per heavy atom. The Morgan fingerprint density at radius 2 is 2.00 bits per heavy atom. The van der Waals surface area contributed by atoms with Crippen molar-refractivity contribution in [1.29, 1.82) is 0 Å². The number of phenolic OH excluding ortho intramolecular Hbond substituents is 1. The highest BCUT2D eigenvalue weighted by Crippen LogP contribution is 2.33. The lowest BCUT2D eigenvalue weighted by Gasteiger charge is -2.23. The van der Waals surface area contributed by atoms with Crippen LogP contribution in [-0.2, 0) is 6.42 Å². The predicted octanol–water partition coefficient (Wildman–Crippen LogP) is 3.29. The number of rotatable bonds is 1. The maximum absolute atomic E-state index is 12.8. The van der Waals surface area contributed by atoms with Crippen molar-refractivity contribution in [3.63, 3.8) is 0 Å². The van der Waals surface area contributed by atoms with Crippen molar-refractivity contribution < 1.29 is 9.90 Å². The van der Waals surface area contributed by atoms with Crippen LogP contribution in [0.3, 0.4) is 0 Å². The fourth-order valence-electron chi connectivity index (χ4n) is 2.89. The molecule has 3 nitrogen and oxygen atoms in total. The molecule has 1 aliphatic heterocycles. The van der Waals surface area contributed by atoms with Crippen molar-refractivity contribution in [2.24, 2.45) is 0 Å². The van der Waals surface area contributed by atoms with E-state index in [1.807, 2.05) is 30.0 Å². The van der Waals surface area contributed by atoms with Crippen LogP contribution in [0.2, 0.25) is 0 Å². The zero-order valence-corrected chi connectivity index (χ0v) is 11.6. The summed E-state index contributed by atoms with van der Waals surface area (Å²) < 4.78 is 0. The summed E-state index contributed by atoms with van der Waals surface area (Å²) in [5.74, 6) is 0.189. The van der Waals surface area contributed by atoms with Crippen molar-refractivity contribution in [2.45, 2.75) is 26.3 Å². The van der Waals surface area contributed by atoms with Gasteiger partial charge in [-0.2, -0.15) is 0 Å². The molecule has 0 aliphatic carbocycles. The van der Waals surface area contributed by atoms with Gasteiger partial charge in [-0.1, -0.05) is 18.2 Å². The quantitative estimate of drug-likeness (QED) is 0.861. The maximum Gasteiger partial charge on any atom is 0.258 e. The van der Waals surface area contributed by atoms with Gasteiger partial charge in [-0.25, -0.2) is 0 Å². The molecule has 1 heterocycles. The number of anilines is 1. The SMILES string of the molecule is Cc1cc(O)ccc1C(=O)N1c2ccccc2CC1C. The number of nitrogens with zero attached hydrogens (tertiary/aromatic N) is 1. The van der Waals surface area contributed by atoms with Gasteiger partial charge < -0.3 is 10.0 Å². The molecule has 102 valence electrons. The van der Waals surface area contributed by atoms with Crippen molar-refractivity contribution in [3.8, 4) is 5.75 Å². The Kier molecular flexibility index (Phi) is 2.97. The lowest BCUT2D eigenvalue weighted by Crippen LogP contribution is -2.36. The lowest BCUT2D eigenvalue weighted by molar-refractivity contribution is 0.0981. The summed E-state index contributed by atoms with van der Waals surface area (Å²) in [5, 5.41) is 9.47. The molecule has 3 heteroatoms. The fourth-order valence-corrected chi connectivity index (χ4v) is 2.89. The van der Waals surface area contributed by atoms with E-state index in [0.29, 0.717) is 5.56 Å². The molecule has 0 spiro atoms. The van der Waals surface area contributed by atoms with Crippen LogP contribution in [0.4, 0.5) is 5.69 Å². The molecule has 1 atom stereocenters. The number of phenols is 1. The molecular weight excluding hydrogens is 250 g/mol.